The molecule has 4 nitrogen and oxygen atoms in total. The van der Waals surface area contributed by atoms with E-state index in [2.05, 4.69) is 17.6 Å². The molecule has 0 aromatic heterocycles. The molecule has 2 saturated carbocycles. The predicted octanol–water partition coefficient (Wildman–Crippen LogP) is 2.65. The molecule has 0 aliphatic heterocycles. The lowest BCUT2D eigenvalue weighted by atomic mass is 9.93. The molecule has 2 aliphatic carbocycles. The number of aliphatic hydroxyl groups is 1. The average Bonchev–Trinajstić information content (AvgIpc) is 2.44. The van der Waals surface area contributed by atoms with E-state index in [1.165, 1.54) is 19.3 Å². The number of aliphatic hydroxyl groups excluding tert-OH is 1. The zero-order valence-corrected chi connectivity index (χ0v) is 13.3. The van der Waals surface area contributed by atoms with Crippen LogP contribution < -0.4 is 10.6 Å². The normalized spacial score (nSPS) is 34.5. The van der Waals surface area contributed by atoms with Crippen molar-refractivity contribution < 1.29 is 9.90 Å². The highest BCUT2D eigenvalue weighted by molar-refractivity contribution is 7.99. The SMILES string of the molecule is CCS[C@H]1CCCC[C@@H]1NC(=O)NC1CCC(O)CC1. The maximum absolute atomic E-state index is 12.1. The number of rotatable bonds is 4. The molecule has 3 N–H and O–H groups in total. The van der Waals surface area contributed by atoms with E-state index >= 15 is 0 Å². The predicted molar refractivity (Wildman–Crippen MR) is 84.1 cm³/mol. The Morgan fingerprint density at radius 3 is 2.50 bits per heavy atom. The van der Waals surface area contributed by atoms with Gasteiger partial charge in [0, 0.05) is 17.3 Å². The number of carbonyl (C=O) groups excluding carboxylic acids is 1. The molecule has 2 fully saturated rings. The van der Waals surface area contributed by atoms with Gasteiger partial charge in [-0.2, -0.15) is 11.8 Å². The van der Waals surface area contributed by atoms with Gasteiger partial charge in [-0.05, 0) is 44.3 Å². The third kappa shape index (κ3) is 4.85. The highest BCUT2D eigenvalue weighted by Gasteiger charge is 2.27. The van der Waals surface area contributed by atoms with Gasteiger partial charge >= 0.3 is 6.03 Å². The van der Waals surface area contributed by atoms with Gasteiger partial charge in [0.2, 0.25) is 0 Å². The van der Waals surface area contributed by atoms with Gasteiger partial charge in [0.05, 0.1) is 6.10 Å². The van der Waals surface area contributed by atoms with Crippen molar-refractivity contribution in [2.75, 3.05) is 5.75 Å². The van der Waals surface area contributed by atoms with Crippen LogP contribution in [0.5, 0.6) is 0 Å². The van der Waals surface area contributed by atoms with Gasteiger partial charge in [-0.1, -0.05) is 19.8 Å². The first kappa shape index (κ1) is 16.0. The Morgan fingerprint density at radius 2 is 1.80 bits per heavy atom. The second-order valence-electron chi connectivity index (χ2n) is 6.01. The fraction of sp³-hybridized carbons (Fsp3) is 0.933. The van der Waals surface area contributed by atoms with Crippen molar-refractivity contribution in [1.29, 1.82) is 0 Å². The minimum absolute atomic E-state index is 0.0139. The molecule has 0 aromatic carbocycles. The van der Waals surface area contributed by atoms with Gasteiger partial charge in [-0.25, -0.2) is 4.79 Å². The van der Waals surface area contributed by atoms with E-state index in [1.54, 1.807) is 0 Å². The van der Waals surface area contributed by atoms with Crippen molar-refractivity contribution in [3.63, 3.8) is 0 Å². The summed E-state index contributed by atoms with van der Waals surface area (Å²) in [5.74, 6) is 1.12. The molecular formula is C15H28N2O2S. The summed E-state index contributed by atoms with van der Waals surface area (Å²) in [5, 5.41) is 16.3. The van der Waals surface area contributed by atoms with Crippen molar-refractivity contribution in [2.45, 2.75) is 81.7 Å². The van der Waals surface area contributed by atoms with Gasteiger partial charge < -0.3 is 15.7 Å². The minimum atomic E-state index is -0.167. The average molecular weight is 300 g/mol. The molecule has 0 saturated heterocycles. The van der Waals surface area contributed by atoms with Crippen LogP contribution in [0.25, 0.3) is 0 Å². The molecule has 2 amide bonds. The van der Waals surface area contributed by atoms with Crippen LogP contribution in [0.1, 0.15) is 58.3 Å². The Labute approximate surface area is 126 Å². The molecule has 0 bridgehead atoms. The van der Waals surface area contributed by atoms with E-state index in [1.807, 2.05) is 11.8 Å². The second-order valence-corrected chi connectivity index (χ2v) is 7.52. The quantitative estimate of drug-likeness (QED) is 0.748. The van der Waals surface area contributed by atoms with E-state index in [-0.39, 0.29) is 18.2 Å². The van der Waals surface area contributed by atoms with Crippen LogP contribution in [-0.4, -0.2) is 40.3 Å². The maximum atomic E-state index is 12.1. The van der Waals surface area contributed by atoms with Gasteiger partial charge in [-0.3, -0.25) is 0 Å². The van der Waals surface area contributed by atoms with Crippen molar-refractivity contribution >= 4 is 17.8 Å². The monoisotopic (exact) mass is 300 g/mol. The molecule has 0 radical (unpaired) electrons. The lowest BCUT2D eigenvalue weighted by molar-refractivity contribution is 0.117. The number of nitrogens with one attached hydrogen (secondary N) is 2. The van der Waals surface area contributed by atoms with Crippen LogP contribution >= 0.6 is 11.8 Å². The smallest absolute Gasteiger partial charge is 0.315 e. The van der Waals surface area contributed by atoms with Gasteiger partial charge in [0.25, 0.3) is 0 Å². The Bertz CT molecular complexity index is 304. The summed E-state index contributed by atoms with van der Waals surface area (Å²) in [6.45, 7) is 2.18. The molecular weight excluding hydrogens is 272 g/mol. The molecule has 2 atom stereocenters. The van der Waals surface area contributed by atoms with Gasteiger partial charge in [0.1, 0.15) is 0 Å². The summed E-state index contributed by atoms with van der Waals surface area (Å²) in [6, 6.07) is 0.544. The van der Waals surface area contributed by atoms with Gasteiger partial charge in [-0.15, -0.1) is 0 Å². The summed E-state index contributed by atoms with van der Waals surface area (Å²) in [4.78, 5) is 12.1. The first-order valence-electron chi connectivity index (χ1n) is 8.05. The first-order valence-corrected chi connectivity index (χ1v) is 9.10. The number of amides is 2. The molecule has 2 aliphatic rings. The molecule has 0 heterocycles. The van der Waals surface area contributed by atoms with E-state index < -0.39 is 0 Å². The Balaban J connectivity index is 1.74. The Hall–Kier alpha value is -0.420. The summed E-state index contributed by atoms with van der Waals surface area (Å²) >= 11 is 1.97. The second kappa shape index (κ2) is 8.13. The fourth-order valence-electron chi connectivity index (χ4n) is 3.29. The molecule has 5 heteroatoms. The largest absolute Gasteiger partial charge is 0.393 e. The summed E-state index contributed by atoms with van der Waals surface area (Å²) < 4.78 is 0. The van der Waals surface area contributed by atoms with E-state index in [0.29, 0.717) is 11.3 Å². The van der Waals surface area contributed by atoms with Crippen LogP contribution in [0.2, 0.25) is 0 Å². The molecule has 0 unspecified atom stereocenters. The molecule has 116 valence electrons. The number of urea groups is 1. The highest BCUT2D eigenvalue weighted by atomic mass is 32.2. The fourth-order valence-corrected chi connectivity index (χ4v) is 4.49. The van der Waals surface area contributed by atoms with E-state index in [4.69, 9.17) is 0 Å². The topological polar surface area (TPSA) is 61.4 Å². The van der Waals surface area contributed by atoms with Crippen molar-refractivity contribution in [2.24, 2.45) is 0 Å². The van der Waals surface area contributed by atoms with Crippen molar-refractivity contribution in [3.8, 4) is 0 Å². The first-order chi connectivity index (χ1) is 9.69. The Morgan fingerprint density at radius 1 is 1.10 bits per heavy atom. The summed E-state index contributed by atoms with van der Waals surface area (Å²) in [6.07, 6.45) is 8.08. The van der Waals surface area contributed by atoms with Crippen LogP contribution in [0.15, 0.2) is 0 Å². The number of hydrogen-bond acceptors (Lipinski definition) is 3. The van der Waals surface area contributed by atoms with Crippen LogP contribution in [0, 0.1) is 0 Å². The molecule has 0 aromatic rings. The standard InChI is InChI=1S/C15H28N2O2S/c1-2-20-14-6-4-3-5-13(14)17-15(19)16-11-7-9-12(18)10-8-11/h11-14,18H,2-10H2,1H3,(H2,16,17,19)/t11?,12?,13-,14-/m0/s1. The molecule has 20 heavy (non-hydrogen) atoms. The third-order valence-corrected chi connectivity index (χ3v) is 5.76. The van der Waals surface area contributed by atoms with Crippen molar-refractivity contribution in [3.05, 3.63) is 0 Å². The number of hydrogen-bond donors (Lipinski definition) is 3. The van der Waals surface area contributed by atoms with Crippen LogP contribution in [0.3, 0.4) is 0 Å². The van der Waals surface area contributed by atoms with Crippen LogP contribution in [-0.2, 0) is 0 Å². The highest BCUT2D eigenvalue weighted by Crippen LogP contribution is 2.28. The molecule has 2 rings (SSSR count). The van der Waals surface area contributed by atoms with E-state index in [9.17, 15) is 9.90 Å². The molecule has 0 spiro atoms. The van der Waals surface area contributed by atoms with E-state index in [0.717, 1.165) is 37.9 Å². The zero-order chi connectivity index (χ0) is 14.4. The zero-order valence-electron chi connectivity index (χ0n) is 12.4. The van der Waals surface area contributed by atoms with Gasteiger partial charge in [0.15, 0.2) is 0 Å². The lowest BCUT2D eigenvalue weighted by Crippen LogP contribution is -2.51. The maximum Gasteiger partial charge on any atom is 0.315 e. The number of carbonyl (C=O) groups is 1. The summed E-state index contributed by atoms with van der Waals surface area (Å²) in [7, 11) is 0. The minimum Gasteiger partial charge on any atom is -0.393 e. The van der Waals surface area contributed by atoms with Crippen LogP contribution in [0.4, 0.5) is 4.79 Å². The third-order valence-electron chi connectivity index (χ3n) is 4.43. The Kier molecular flexibility index (Phi) is 6.49. The number of thioether (sulfide) groups is 1. The van der Waals surface area contributed by atoms with Crippen molar-refractivity contribution in [1.82, 2.24) is 10.6 Å². The lowest BCUT2D eigenvalue weighted by Gasteiger charge is -2.33. The summed E-state index contributed by atoms with van der Waals surface area (Å²) in [5.41, 5.74) is 0.